The van der Waals surface area contributed by atoms with Crippen molar-refractivity contribution in [2.75, 3.05) is 51.7 Å². The minimum atomic E-state index is -0.371. The molecular formula is C17H29N5O2. The number of aliphatic hydroxyl groups is 1. The predicted octanol–water partition coefficient (Wildman–Crippen LogP) is 0.707. The van der Waals surface area contributed by atoms with Crippen LogP contribution in [0.4, 0.5) is 5.82 Å². The number of amides is 1. The van der Waals surface area contributed by atoms with Gasteiger partial charge in [0.2, 0.25) is 0 Å². The SMILES string of the molecule is CN(C)c1ccc(C(=O)N2CCN(C[C@@H](O)C(C)(C)C)CC2)nn1. The molecule has 134 valence electrons. The van der Waals surface area contributed by atoms with Crippen molar-refractivity contribution in [1.29, 1.82) is 0 Å². The molecule has 1 fully saturated rings. The molecule has 0 radical (unpaired) electrons. The molecule has 0 unspecified atom stereocenters. The highest BCUT2D eigenvalue weighted by molar-refractivity contribution is 5.92. The molecule has 1 saturated heterocycles. The summed E-state index contributed by atoms with van der Waals surface area (Å²) in [6.07, 6.45) is -0.371. The summed E-state index contributed by atoms with van der Waals surface area (Å²) in [7, 11) is 3.77. The first-order valence-electron chi connectivity index (χ1n) is 8.39. The Labute approximate surface area is 144 Å². The maximum atomic E-state index is 12.5. The van der Waals surface area contributed by atoms with Crippen LogP contribution < -0.4 is 4.90 Å². The lowest BCUT2D eigenvalue weighted by Gasteiger charge is -2.37. The van der Waals surface area contributed by atoms with E-state index in [0.717, 1.165) is 18.9 Å². The van der Waals surface area contributed by atoms with E-state index in [1.807, 2.05) is 39.8 Å². The molecule has 0 bridgehead atoms. The fraction of sp³-hybridized carbons (Fsp3) is 0.706. The van der Waals surface area contributed by atoms with Crippen molar-refractivity contribution < 1.29 is 9.90 Å². The third-order valence-corrected chi connectivity index (χ3v) is 4.42. The van der Waals surface area contributed by atoms with Gasteiger partial charge in [0.05, 0.1) is 6.10 Å². The fourth-order valence-electron chi connectivity index (χ4n) is 2.49. The van der Waals surface area contributed by atoms with Gasteiger partial charge in [0.1, 0.15) is 0 Å². The quantitative estimate of drug-likeness (QED) is 0.874. The fourth-order valence-corrected chi connectivity index (χ4v) is 2.49. The summed E-state index contributed by atoms with van der Waals surface area (Å²) in [6.45, 7) is 9.57. The Bertz CT molecular complexity index is 545. The molecule has 24 heavy (non-hydrogen) atoms. The molecule has 0 saturated carbocycles. The van der Waals surface area contributed by atoms with Crippen LogP contribution >= 0.6 is 0 Å². The van der Waals surface area contributed by atoms with E-state index in [1.165, 1.54) is 0 Å². The van der Waals surface area contributed by atoms with Crippen molar-refractivity contribution in [3.05, 3.63) is 17.8 Å². The molecule has 2 heterocycles. The van der Waals surface area contributed by atoms with Crippen LogP contribution in [0.2, 0.25) is 0 Å². The lowest BCUT2D eigenvalue weighted by Crippen LogP contribution is -2.51. The number of aromatic nitrogens is 2. The predicted molar refractivity (Wildman–Crippen MR) is 94.2 cm³/mol. The largest absolute Gasteiger partial charge is 0.391 e. The van der Waals surface area contributed by atoms with Gasteiger partial charge in [-0.15, -0.1) is 10.2 Å². The van der Waals surface area contributed by atoms with E-state index in [2.05, 4.69) is 15.1 Å². The van der Waals surface area contributed by atoms with Crippen molar-refractivity contribution in [3.63, 3.8) is 0 Å². The number of aliphatic hydroxyl groups excluding tert-OH is 1. The van der Waals surface area contributed by atoms with Crippen LogP contribution in [0.1, 0.15) is 31.3 Å². The van der Waals surface area contributed by atoms with Crippen molar-refractivity contribution in [2.24, 2.45) is 5.41 Å². The van der Waals surface area contributed by atoms with Crippen LogP contribution in [0.5, 0.6) is 0 Å². The molecule has 1 N–H and O–H groups in total. The second-order valence-corrected chi connectivity index (χ2v) is 7.65. The number of carbonyl (C=O) groups excluding carboxylic acids is 1. The van der Waals surface area contributed by atoms with E-state index in [4.69, 9.17) is 0 Å². The highest BCUT2D eigenvalue weighted by Gasteiger charge is 2.28. The highest BCUT2D eigenvalue weighted by Crippen LogP contribution is 2.20. The number of piperazine rings is 1. The van der Waals surface area contributed by atoms with Crippen molar-refractivity contribution in [2.45, 2.75) is 26.9 Å². The maximum Gasteiger partial charge on any atom is 0.274 e. The Morgan fingerprint density at radius 1 is 1.21 bits per heavy atom. The van der Waals surface area contributed by atoms with E-state index in [0.29, 0.717) is 25.3 Å². The minimum absolute atomic E-state index is 0.0798. The Hall–Kier alpha value is -1.73. The third-order valence-electron chi connectivity index (χ3n) is 4.42. The van der Waals surface area contributed by atoms with Gasteiger partial charge in [-0.05, 0) is 17.5 Å². The first-order chi connectivity index (χ1) is 11.2. The second-order valence-electron chi connectivity index (χ2n) is 7.65. The standard InChI is InChI=1S/C17H29N5O2/c1-17(2,3)14(23)12-21-8-10-22(11-9-21)16(24)13-6-7-15(19-18-13)20(4)5/h6-7,14,23H,8-12H2,1-5H3/t14-/m1/s1. The Balaban J connectivity index is 1.88. The second kappa shape index (κ2) is 7.44. The summed E-state index contributed by atoms with van der Waals surface area (Å²) in [5.41, 5.74) is 0.250. The van der Waals surface area contributed by atoms with Gasteiger partial charge >= 0.3 is 0 Å². The van der Waals surface area contributed by atoms with Gasteiger partial charge in [-0.2, -0.15) is 0 Å². The molecule has 0 aromatic carbocycles. The van der Waals surface area contributed by atoms with Crippen molar-refractivity contribution >= 4 is 11.7 Å². The monoisotopic (exact) mass is 335 g/mol. The summed E-state index contributed by atoms with van der Waals surface area (Å²) >= 11 is 0. The average Bonchev–Trinajstić information content (AvgIpc) is 2.54. The van der Waals surface area contributed by atoms with Crippen molar-refractivity contribution in [1.82, 2.24) is 20.0 Å². The Kier molecular flexibility index (Phi) is 5.77. The number of hydrogen-bond acceptors (Lipinski definition) is 6. The summed E-state index contributed by atoms with van der Waals surface area (Å²) in [4.78, 5) is 18.4. The molecule has 0 aliphatic carbocycles. The molecule has 1 amide bonds. The van der Waals surface area contributed by atoms with Crippen LogP contribution in [0, 0.1) is 5.41 Å². The normalized spacial score (nSPS) is 17.7. The molecule has 2 rings (SSSR count). The number of nitrogens with zero attached hydrogens (tertiary/aromatic N) is 5. The van der Waals surface area contributed by atoms with E-state index < -0.39 is 0 Å². The smallest absolute Gasteiger partial charge is 0.274 e. The number of carbonyl (C=O) groups is 1. The Morgan fingerprint density at radius 2 is 1.83 bits per heavy atom. The lowest BCUT2D eigenvalue weighted by atomic mass is 9.89. The van der Waals surface area contributed by atoms with Gasteiger partial charge in [0.15, 0.2) is 11.5 Å². The van der Waals surface area contributed by atoms with E-state index in [1.54, 1.807) is 17.0 Å². The van der Waals surface area contributed by atoms with Crippen LogP contribution in [0.3, 0.4) is 0 Å². The van der Waals surface area contributed by atoms with E-state index in [-0.39, 0.29) is 17.4 Å². The molecule has 7 nitrogen and oxygen atoms in total. The summed E-state index contributed by atoms with van der Waals surface area (Å²) in [5, 5.41) is 18.3. The Morgan fingerprint density at radius 3 is 2.29 bits per heavy atom. The zero-order valence-corrected chi connectivity index (χ0v) is 15.4. The number of anilines is 1. The molecule has 1 aliphatic rings. The van der Waals surface area contributed by atoms with Crippen LogP contribution in [-0.2, 0) is 0 Å². The van der Waals surface area contributed by atoms with Gasteiger partial charge in [-0.1, -0.05) is 20.8 Å². The maximum absolute atomic E-state index is 12.5. The van der Waals surface area contributed by atoms with E-state index in [9.17, 15) is 9.90 Å². The van der Waals surface area contributed by atoms with Gasteiger partial charge in [-0.3, -0.25) is 9.69 Å². The molecule has 7 heteroatoms. The highest BCUT2D eigenvalue weighted by atomic mass is 16.3. The minimum Gasteiger partial charge on any atom is -0.391 e. The topological polar surface area (TPSA) is 72.8 Å². The first-order valence-corrected chi connectivity index (χ1v) is 8.39. The van der Waals surface area contributed by atoms with Crippen LogP contribution in [0.15, 0.2) is 12.1 Å². The number of β-amino-alcohol motifs (C(OH)–C–C–N with tert-alkyl or cyclic N) is 1. The van der Waals surface area contributed by atoms with Gasteiger partial charge in [0, 0.05) is 46.8 Å². The molecule has 1 aliphatic heterocycles. The molecule has 0 spiro atoms. The van der Waals surface area contributed by atoms with Crippen molar-refractivity contribution in [3.8, 4) is 0 Å². The van der Waals surface area contributed by atoms with Crippen LogP contribution in [-0.4, -0.2) is 83.9 Å². The van der Waals surface area contributed by atoms with Gasteiger partial charge in [0.25, 0.3) is 5.91 Å². The van der Waals surface area contributed by atoms with Gasteiger partial charge in [-0.25, -0.2) is 0 Å². The van der Waals surface area contributed by atoms with Gasteiger partial charge < -0.3 is 14.9 Å². The zero-order chi connectivity index (χ0) is 17.9. The molecule has 1 aromatic heterocycles. The number of hydrogen-bond donors (Lipinski definition) is 1. The summed E-state index contributed by atoms with van der Waals surface area (Å²) in [5.74, 6) is 0.649. The summed E-state index contributed by atoms with van der Waals surface area (Å²) in [6, 6.07) is 3.52. The third kappa shape index (κ3) is 4.64. The molecule has 1 aromatic rings. The average molecular weight is 335 g/mol. The van der Waals surface area contributed by atoms with E-state index >= 15 is 0 Å². The zero-order valence-electron chi connectivity index (χ0n) is 15.4. The lowest BCUT2D eigenvalue weighted by molar-refractivity contribution is 0.0135. The van der Waals surface area contributed by atoms with Crippen LogP contribution in [0.25, 0.3) is 0 Å². The first kappa shape index (κ1) is 18.6. The summed E-state index contributed by atoms with van der Waals surface area (Å²) < 4.78 is 0. The molecule has 1 atom stereocenters. The molecular weight excluding hydrogens is 306 g/mol. The number of rotatable bonds is 4.